The van der Waals surface area contributed by atoms with E-state index in [9.17, 15) is 9.90 Å². The van der Waals surface area contributed by atoms with Gasteiger partial charge in [0.1, 0.15) is 6.33 Å². The quantitative estimate of drug-likeness (QED) is 0.590. The molecule has 0 saturated heterocycles. The van der Waals surface area contributed by atoms with Crippen LogP contribution >= 0.6 is 11.6 Å². The van der Waals surface area contributed by atoms with Crippen molar-refractivity contribution in [2.75, 3.05) is 0 Å². The molecule has 4 aromatic rings. The van der Waals surface area contributed by atoms with E-state index < -0.39 is 5.60 Å². The number of nitrogens with zero attached hydrogens (tertiary/aromatic N) is 6. The van der Waals surface area contributed by atoms with Gasteiger partial charge < -0.3 is 5.11 Å². The molecule has 3 heterocycles. The summed E-state index contributed by atoms with van der Waals surface area (Å²) in [4.78, 5) is 17.2. The van der Waals surface area contributed by atoms with Gasteiger partial charge in [0, 0.05) is 13.5 Å². The average molecular weight is 371 g/mol. The van der Waals surface area contributed by atoms with Gasteiger partial charge in [0.05, 0.1) is 33.4 Å². The van der Waals surface area contributed by atoms with E-state index in [4.69, 9.17) is 11.6 Å². The summed E-state index contributed by atoms with van der Waals surface area (Å²) < 4.78 is 4.85. The predicted molar refractivity (Wildman–Crippen MR) is 95.8 cm³/mol. The first kappa shape index (κ1) is 15.5. The Labute approximate surface area is 152 Å². The van der Waals surface area contributed by atoms with Gasteiger partial charge in [0.25, 0.3) is 5.56 Å². The second-order valence-corrected chi connectivity index (χ2v) is 7.22. The summed E-state index contributed by atoms with van der Waals surface area (Å²) in [5.41, 5.74) is 1.12. The molecule has 8 nitrogen and oxygen atoms in total. The van der Waals surface area contributed by atoms with Crippen molar-refractivity contribution >= 4 is 28.2 Å². The number of hydrogen-bond donors (Lipinski definition) is 1. The Balaban J connectivity index is 1.73. The van der Waals surface area contributed by atoms with Crippen LogP contribution in [0.3, 0.4) is 0 Å². The molecule has 0 unspecified atom stereocenters. The van der Waals surface area contributed by atoms with Crippen LogP contribution in [0.1, 0.15) is 18.5 Å². The van der Waals surface area contributed by atoms with Crippen LogP contribution < -0.4 is 5.56 Å². The fourth-order valence-corrected chi connectivity index (χ4v) is 3.56. The smallest absolute Gasteiger partial charge is 0.262 e. The van der Waals surface area contributed by atoms with E-state index >= 15 is 0 Å². The lowest BCUT2D eigenvalue weighted by Gasteiger charge is -2.09. The van der Waals surface area contributed by atoms with Crippen molar-refractivity contribution in [3.05, 3.63) is 51.8 Å². The molecule has 3 aromatic heterocycles. The largest absolute Gasteiger partial charge is 0.389 e. The zero-order chi connectivity index (χ0) is 18.1. The lowest BCUT2D eigenvalue weighted by Crippen LogP contribution is -2.20. The van der Waals surface area contributed by atoms with E-state index in [1.165, 1.54) is 9.25 Å². The second kappa shape index (κ2) is 5.15. The van der Waals surface area contributed by atoms with E-state index in [0.29, 0.717) is 39.5 Å². The lowest BCUT2D eigenvalue weighted by molar-refractivity contribution is 0.149. The Hall–Kier alpha value is -2.71. The molecular formula is C17H15ClN6O2. The van der Waals surface area contributed by atoms with Crippen LogP contribution in [0.4, 0.5) is 0 Å². The molecule has 1 saturated carbocycles. The van der Waals surface area contributed by atoms with Crippen molar-refractivity contribution in [3.8, 4) is 5.82 Å². The summed E-state index contributed by atoms with van der Waals surface area (Å²) >= 11 is 6.23. The zero-order valence-corrected chi connectivity index (χ0v) is 14.7. The Bertz CT molecular complexity index is 1230. The molecule has 0 radical (unpaired) electrons. The zero-order valence-electron chi connectivity index (χ0n) is 13.9. The fraction of sp³-hybridized carbons (Fsp3) is 0.294. The van der Waals surface area contributed by atoms with Crippen LogP contribution in [0.15, 0.2) is 35.5 Å². The summed E-state index contributed by atoms with van der Waals surface area (Å²) in [6.45, 7) is 0. The molecule has 0 aliphatic heterocycles. The fourth-order valence-electron chi connectivity index (χ4n) is 3.31. The van der Waals surface area contributed by atoms with Gasteiger partial charge in [-0.25, -0.2) is 4.98 Å². The van der Waals surface area contributed by atoms with Gasteiger partial charge in [-0.1, -0.05) is 22.9 Å². The number of aromatic nitrogens is 6. The van der Waals surface area contributed by atoms with Crippen LogP contribution in [-0.2, 0) is 13.5 Å². The van der Waals surface area contributed by atoms with Gasteiger partial charge in [-0.15, -0.1) is 5.10 Å². The van der Waals surface area contributed by atoms with Crippen molar-refractivity contribution < 1.29 is 5.11 Å². The minimum Gasteiger partial charge on any atom is -0.389 e. The number of aryl methyl sites for hydroxylation is 1. The van der Waals surface area contributed by atoms with Gasteiger partial charge in [-0.05, 0) is 25.0 Å². The highest BCUT2D eigenvalue weighted by molar-refractivity contribution is 6.35. The number of hydrogen-bond acceptors (Lipinski definition) is 5. The summed E-state index contributed by atoms with van der Waals surface area (Å²) in [6.07, 6.45) is 5.42. The highest BCUT2D eigenvalue weighted by Crippen LogP contribution is 2.37. The molecule has 0 spiro atoms. The Morgan fingerprint density at radius 2 is 2.15 bits per heavy atom. The third-order valence-electron chi connectivity index (χ3n) is 4.91. The predicted octanol–water partition coefficient (Wildman–Crippen LogP) is 1.49. The third-order valence-corrected chi connectivity index (χ3v) is 5.22. The van der Waals surface area contributed by atoms with Crippen molar-refractivity contribution in [2.45, 2.75) is 24.9 Å². The van der Waals surface area contributed by atoms with Crippen molar-refractivity contribution in [2.24, 2.45) is 7.05 Å². The molecule has 1 fully saturated rings. The standard InChI is InChI=1S/C17H15ClN6O2/c1-22-15-14(24-8-10(20-21-24)7-17(26)5-6-17)19-9-23(15)12-4-2-3-11(18)13(12)16(22)25/h2-4,8-9,26H,5-7H2,1H3. The molecule has 0 bridgehead atoms. The van der Waals surface area contributed by atoms with Crippen molar-refractivity contribution in [1.29, 1.82) is 0 Å². The van der Waals surface area contributed by atoms with Crippen molar-refractivity contribution in [1.82, 2.24) is 28.9 Å². The van der Waals surface area contributed by atoms with Crippen LogP contribution in [0.2, 0.25) is 5.02 Å². The van der Waals surface area contributed by atoms with Crippen LogP contribution in [-0.4, -0.2) is 39.7 Å². The van der Waals surface area contributed by atoms with Gasteiger partial charge in [-0.3, -0.25) is 13.8 Å². The number of imidazole rings is 1. The molecule has 1 N–H and O–H groups in total. The lowest BCUT2D eigenvalue weighted by atomic mass is 10.2. The van der Waals surface area contributed by atoms with Gasteiger partial charge in [0.15, 0.2) is 11.5 Å². The summed E-state index contributed by atoms with van der Waals surface area (Å²) in [5, 5.41) is 19.2. The number of benzene rings is 1. The van der Waals surface area contributed by atoms with E-state index in [1.54, 1.807) is 31.7 Å². The Morgan fingerprint density at radius 1 is 1.35 bits per heavy atom. The molecule has 26 heavy (non-hydrogen) atoms. The average Bonchev–Trinajstić information content (AvgIpc) is 3.01. The molecule has 1 aliphatic carbocycles. The molecule has 9 heteroatoms. The number of rotatable bonds is 3. The number of fused-ring (bicyclic) bond motifs is 3. The maximum Gasteiger partial charge on any atom is 0.262 e. The first-order valence-corrected chi connectivity index (χ1v) is 8.63. The maximum absolute atomic E-state index is 12.8. The van der Waals surface area contributed by atoms with Gasteiger partial charge in [-0.2, -0.15) is 4.68 Å². The SMILES string of the molecule is Cn1c(=O)c2c(Cl)cccc2n2cnc(-n3cc(CC4(O)CC4)nn3)c12. The molecule has 1 aliphatic rings. The monoisotopic (exact) mass is 370 g/mol. The van der Waals surface area contributed by atoms with E-state index in [-0.39, 0.29) is 5.56 Å². The van der Waals surface area contributed by atoms with Crippen molar-refractivity contribution in [3.63, 3.8) is 0 Å². The Morgan fingerprint density at radius 3 is 2.92 bits per heavy atom. The Kier molecular flexibility index (Phi) is 3.08. The highest BCUT2D eigenvalue weighted by Gasteiger charge is 2.41. The second-order valence-electron chi connectivity index (χ2n) is 6.82. The minimum atomic E-state index is -0.642. The maximum atomic E-state index is 12.8. The first-order chi connectivity index (χ1) is 12.5. The van der Waals surface area contributed by atoms with E-state index in [2.05, 4.69) is 15.3 Å². The van der Waals surface area contributed by atoms with E-state index in [1.807, 2.05) is 10.5 Å². The summed E-state index contributed by atoms with van der Waals surface area (Å²) in [6, 6.07) is 5.32. The van der Waals surface area contributed by atoms with E-state index in [0.717, 1.165) is 12.8 Å². The van der Waals surface area contributed by atoms with Gasteiger partial charge in [0.2, 0.25) is 0 Å². The number of halogens is 1. The number of aliphatic hydroxyl groups is 1. The third kappa shape index (κ3) is 2.19. The highest BCUT2D eigenvalue weighted by atomic mass is 35.5. The molecular weight excluding hydrogens is 356 g/mol. The molecule has 1 aromatic carbocycles. The van der Waals surface area contributed by atoms with Crippen LogP contribution in [0.5, 0.6) is 0 Å². The molecule has 0 amide bonds. The molecule has 132 valence electrons. The minimum absolute atomic E-state index is 0.201. The van der Waals surface area contributed by atoms with Crippen LogP contribution in [0, 0.1) is 0 Å². The summed E-state index contributed by atoms with van der Waals surface area (Å²) in [7, 11) is 1.68. The van der Waals surface area contributed by atoms with Crippen LogP contribution in [0.25, 0.3) is 22.4 Å². The van der Waals surface area contributed by atoms with Gasteiger partial charge >= 0.3 is 0 Å². The molecule has 0 atom stereocenters. The summed E-state index contributed by atoms with van der Waals surface area (Å²) in [5.74, 6) is 0.494. The molecule has 5 rings (SSSR count). The normalized spacial score (nSPS) is 15.8. The first-order valence-electron chi connectivity index (χ1n) is 8.25. The topological polar surface area (TPSA) is 90.2 Å².